The number of aryl methyl sites for hydroxylation is 5. The number of nitrogens with zero attached hydrogens (tertiary/aromatic N) is 25. The molecule has 0 amide bonds. The molecular weight excluding hydrogens is 1850 g/mol. The standard InChI is InChI=1S/C23H23N5O2.C22H23N5O2.2C21H21FN6O.C20H19FN6O/c1-14-24-19-5-3-15(7-21(19)30-14)20-8-23(29)28-13-18(4-6-22(28)25-20)27-11-16-9-26(2)10-17(16)12-27;1-3-21-25-17-6-4-15(10-19(17)29-21)18-11-22(28)27-13-16(5-7-20(27)24-18)26-9-8-23-14(2)12-26;1-14-11-27-12-15(9-17(22)21(27)23-14)18-10-20(29)28-13-16(3-4-19(28)24-18)26-7-5-25(2)6-8-26;1-13-9-26(6-5-23-13)16-3-4-19-25-18(8-20(29)28(19)12-16)15-7-17(22)21-24-14(2)10-27(21)11-15;1-13-10-26-11-15(8-16(21)20(26)23-13)14-2-3-17-24-18(9-19(28)27(17)12-14)25-6-4-22-5-7-25/h3-8,13,16-17H,9-12H2,1-2H3;4-7,10-11,13-14,23H,3,8-9,12H2,1-2H3;3-4,9-13H,5-8H2,1-2H3;3-4,7-8,10-13,23H,5-6,9H2,1-2H3;2-3,8-12,22H,4-7H2,1H3/t16-,17+;14-;;13-;/m.0.1./s1. The van der Waals surface area contributed by atoms with Crippen LogP contribution in [-0.2, 0) is 6.42 Å². The van der Waals surface area contributed by atoms with Crippen molar-refractivity contribution in [1.29, 1.82) is 0 Å². The van der Waals surface area contributed by atoms with Crippen molar-refractivity contribution in [2.24, 2.45) is 11.8 Å². The lowest BCUT2D eigenvalue weighted by Gasteiger charge is -2.34. The summed E-state index contributed by atoms with van der Waals surface area (Å²) in [6, 6.07) is 43.4. The quantitative estimate of drug-likeness (QED) is 0.108. The summed E-state index contributed by atoms with van der Waals surface area (Å²) in [6.07, 6.45) is 20.5. The number of likely N-dealkylation sites (N-methyl/N-ethyl adjacent to an activating group) is 1. The van der Waals surface area contributed by atoms with Crippen LogP contribution >= 0.6 is 0 Å². The van der Waals surface area contributed by atoms with Crippen molar-refractivity contribution >= 4 is 95.9 Å². The molecule has 6 saturated heterocycles. The Bertz CT molecular complexity index is 8760. The molecule has 0 aliphatic carbocycles. The molecule has 4 atom stereocenters. The van der Waals surface area contributed by atoms with Gasteiger partial charge in [0.2, 0.25) is 0 Å². The topological polar surface area (TPSA) is 335 Å². The Hall–Kier alpha value is -16.2. The molecule has 38 heteroatoms. The number of piperazine rings is 4. The molecular formula is C107H107F3N28O7. The molecule has 2 aromatic carbocycles. The zero-order valence-electron chi connectivity index (χ0n) is 81.6. The van der Waals surface area contributed by atoms with Gasteiger partial charge in [0.1, 0.15) is 45.1 Å². The monoisotopic (exact) mass is 1950 g/mol. The van der Waals surface area contributed by atoms with Crippen molar-refractivity contribution in [3.8, 4) is 56.2 Å². The van der Waals surface area contributed by atoms with Gasteiger partial charge in [0.25, 0.3) is 27.8 Å². The number of benzene rings is 2. The predicted molar refractivity (Wildman–Crippen MR) is 555 cm³/mol. The van der Waals surface area contributed by atoms with Crippen LogP contribution in [0.5, 0.6) is 0 Å². The average molecular weight is 1950 g/mol. The Morgan fingerprint density at radius 3 is 1.18 bits per heavy atom. The zero-order valence-corrected chi connectivity index (χ0v) is 81.6. The van der Waals surface area contributed by atoms with Crippen molar-refractivity contribution in [3.05, 3.63) is 312 Å². The lowest BCUT2D eigenvalue weighted by molar-refractivity contribution is 0.313. The lowest BCUT2D eigenvalue weighted by atomic mass is 10.0. The first-order valence-electron chi connectivity index (χ1n) is 48.9. The summed E-state index contributed by atoms with van der Waals surface area (Å²) < 4.78 is 67.5. The van der Waals surface area contributed by atoms with Crippen LogP contribution in [0.1, 0.15) is 49.6 Å². The van der Waals surface area contributed by atoms with Crippen molar-refractivity contribution in [3.63, 3.8) is 0 Å². The first-order valence-corrected chi connectivity index (χ1v) is 48.9. The summed E-state index contributed by atoms with van der Waals surface area (Å²) in [5, 5.41) is 10.1. The maximum absolute atomic E-state index is 14.4. The predicted octanol–water partition coefficient (Wildman–Crippen LogP) is 12.0. The van der Waals surface area contributed by atoms with Gasteiger partial charge >= 0.3 is 0 Å². The summed E-state index contributed by atoms with van der Waals surface area (Å²) in [4.78, 5) is 125. The van der Waals surface area contributed by atoms with Gasteiger partial charge < -0.3 is 72.3 Å². The molecule has 35 nitrogen and oxygen atoms in total. The van der Waals surface area contributed by atoms with Crippen LogP contribution < -0.4 is 68.2 Å². The Kier molecular flexibility index (Phi) is 25.2. The third-order valence-corrected chi connectivity index (χ3v) is 27.7. The van der Waals surface area contributed by atoms with Gasteiger partial charge in [0, 0.05) is 275 Å². The minimum Gasteiger partial charge on any atom is -0.441 e. The molecule has 6 fully saturated rings. The molecule has 145 heavy (non-hydrogen) atoms. The second kappa shape index (κ2) is 38.9. The molecule has 6 aliphatic rings. The molecule has 0 radical (unpaired) electrons. The fourth-order valence-corrected chi connectivity index (χ4v) is 20.3. The largest absolute Gasteiger partial charge is 0.441 e. The number of hydrogen-bond donors (Lipinski definition) is 3. The van der Waals surface area contributed by atoms with E-state index < -0.39 is 17.5 Å². The summed E-state index contributed by atoms with van der Waals surface area (Å²) in [5.41, 5.74) is 18.7. The van der Waals surface area contributed by atoms with Gasteiger partial charge in [-0.3, -0.25) is 46.0 Å². The Balaban J connectivity index is 0.000000103. The van der Waals surface area contributed by atoms with Gasteiger partial charge in [-0.25, -0.2) is 63.0 Å². The van der Waals surface area contributed by atoms with E-state index in [1.165, 1.54) is 34.7 Å². The van der Waals surface area contributed by atoms with E-state index in [0.717, 1.165) is 204 Å². The molecule has 0 unspecified atom stereocenters. The number of likely N-dealkylation sites (tertiary alicyclic amines) is 1. The number of aromatic nitrogens is 18. The number of hydrogen-bond acceptors (Lipinski definition) is 27. The third-order valence-electron chi connectivity index (χ3n) is 27.7. The first kappa shape index (κ1) is 93.8. The van der Waals surface area contributed by atoms with Crippen LogP contribution in [0, 0.1) is 57.0 Å². The number of imidazole rings is 3. The van der Waals surface area contributed by atoms with Crippen LogP contribution in [0.3, 0.4) is 0 Å². The molecule has 738 valence electrons. The molecule has 3 N–H and O–H groups in total. The second-order valence-corrected chi connectivity index (χ2v) is 38.4. The number of nitrogens with one attached hydrogen (secondary N) is 3. The van der Waals surface area contributed by atoms with Crippen molar-refractivity contribution in [2.75, 3.05) is 156 Å². The number of pyridine rings is 8. The molecule has 6 aliphatic heterocycles. The van der Waals surface area contributed by atoms with Crippen LogP contribution in [-0.4, -0.2) is 239 Å². The van der Waals surface area contributed by atoms with Crippen LogP contribution in [0.15, 0.2) is 247 Å². The number of halogens is 3. The molecule has 0 saturated carbocycles. The number of oxazole rings is 2. The maximum Gasteiger partial charge on any atom is 0.259 e. The highest BCUT2D eigenvalue weighted by Crippen LogP contribution is 2.36. The Morgan fingerprint density at radius 2 is 0.717 bits per heavy atom. The van der Waals surface area contributed by atoms with Crippen molar-refractivity contribution in [1.82, 2.24) is 111 Å². The molecule has 24 heterocycles. The fraction of sp³-hybridized carbons (Fsp3) is 0.299. The Morgan fingerprint density at radius 1 is 0.331 bits per heavy atom. The third kappa shape index (κ3) is 19.4. The van der Waals surface area contributed by atoms with Gasteiger partial charge in [-0.1, -0.05) is 19.1 Å². The normalized spacial score (nSPS) is 17.4. The van der Waals surface area contributed by atoms with E-state index in [4.69, 9.17) is 18.8 Å². The van der Waals surface area contributed by atoms with E-state index in [9.17, 15) is 37.1 Å². The van der Waals surface area contributed by atoms with Gasteiger partial charge in [-0.15, -0.1) is 0 Å². The number of anilines is 5. The van der Waals surface area contributed by atoms with Crippen LogP contribution in [0.25, 0.3) is 124 Å². The number of rotatable bonds is 11. The van der Waals surface area contributed by atoms with E-state index in [2.05, 4.69) is 124 Å². The van der Waals surface area contributed by atoms with Crippen molar-refractivity contribution < 1.29 is 22.0 Å². The molecule has 0 bridgehead atoms. The smallest absolute Gasteiger partial charge is 0.259 e. The molecule has 0 spiro atoms. The van der Waals surface area contributed by atoms with Crippen LogP contribution in [0.2, 0.25) is 0 Å². The van der Waals surface area contributed by atoms with Crippen LogP contribution in [0.4, 0.5) is 41.7 Å². The lowest BCUT2D eigenvalue weighted by Crippen LogP contribution is -2.49. The highest BCUT2D eigenvalue weighted by molar-refractivity contribution is 5.82. The highest BCUT2D eigenvalue weighted by atomic mass is 19.1. The zero-order chi connectivity index (χ0) is 99.9. The van der Waals surface area contributed by atoms with Gasteiger partial charge in [-0.2, -0.15) is 0 Å². The minimum absolute atomic E-state index is 0.0789. The van der Waals surface area contributed by atoms with E-state index in [1.807, 2.05) is 151 Å². The van der Waals surface area contributed by atoms with E-state index in [0.29, 0.717) is 114 Å². The average Bonchev–Trinajstić information content (AvgIpc) is 0.971. The number of fused-ring (bicyclic) bond motifs is 11. The van der Waals surface area contributed by atoms with Crippen molar-refractivity contribution in [2.45, 2.75) is 67.0 Å². The first-order chi connectivity index (χ1) is 70.2. The minimum atomic E-state index is -0.444. The van der Waals surface area contributed by atoms with Gasteiger partial charge in [0.15, 0.2) is 57.3 Å². The fourth-order valence-electron chi connectivity index (χ4n) is 20.3. The maximum atomic E-state index is 14.4. The summed E-state index contributed by atoms with van der Waals surface area (Å²) >= 11 is 0. The summed E-state index contributed by atoms with van der Waals surface area (Å²) in [7, 11) is 4.31. The van der Waals surface area contributed by atoms with E-state index in [1.54, 1.807) is 92.3 Å². The highest BCUT2D eigenvalue weighted by Gasteiger charge is 2.39. The van der Waals surface area contributed by atoms with E-state index in [-0.39, 0.29) is 39.1 Å². The SMILES string of the molecule is CCc1nc2ccc(-c3cc(=O)n4cc(N5CCN[C@@H](C)C5)ccc4n3)cc2o1.Cc1cn2cc(-c3cc(=O)n4cc(N5CCN(C)CC5)ccc4n3)cc(F)c2n1.Cc1cn2cc(-c3cc(=O)n4cc(N5CCN[C@H](C)C5)ccc4n3)cc(F)c2n1.Cc1cn2cc(-c3ccc4nc(N5CCNCC5)cc(=O)n4c3)cc(F)c2n1.Cc1nc2ccc(-c3cc(=O)n4cc(N5C[C@H]6CN(C)C[C@H]6C5)ccc4n3)cc2o1. The molecule has 20 aromatic rings. The summed E-state index contributed by atoms with van der Waals surface area (Å²) in [5.74, 6) is 2.18. The van der Waals surface area contributed by atoms with Gasteiger partial charge in [-0.05, 0) is 164 Å². The molecule has 18 aromatic heterocycles. The Labute approximate surface area is 827 Å². The molecule has 26 rings (SSSR count). The van der Waals surface area contributed by atoms with Gasteiger partial charge in [0.05, 0.1) is 62.6 Å². The summed E-state index contributed by atoms with van der Waals surface area (Å²) in [6.45, 7) is 30.7. The van der Waals surface area contributed by atoms with E-state index >= 15 is 0 Å². The second-order valence-electron chi connectivity index (χ2n) is 38.4.